The number of methoxy groups -OCH3 is 1. The standard InChI is InChI=1S/C13H22N2O2/c1-17-12(16)13-5-3-7-14-11(13)10-4-2-8-15(10)9-6-13/h10-11,14H,2-9H2,1H3. The van der Waals surface area contributed by atoms with E-state index in [-0.39, 0.29) is 11.4 Å². The molecule has 4 heteroatoms. The third-order valence-corrected chi connectivity index (χ3v) is 5.00. The molecule has 3 atom stereocenters. The summed E-state index contributed by atoms with van der Waals surface area (Å²) in [7, 11) is 1.53. The van der Waals surface area contributed by atoms with E-state index in [1.165, 1.54) is 26.5 Å². The van der Waals surface area contributed by atoms with E-state index in [1.807, 2.05) is 0 Å². The van der Waals surface area contributed by atoms with Gasteiger partial charge in [0.25, 0.3) is 0 Å². The third kappa shape index (κ3) is 1.61. The maximum absolute atomic E-state index is 12.2. The molecule has 0 aliphatic carbocycles. The zero-order valence-corrected chi connectivity index (χ0v) is 10.6. The van der Waals surface area contributed by atoms with Crippen molar-refractivity contribution >= 4 is 5.97 Å². The van der Waals surface area contributed by atoms with Crippen LogP contribution in [0.5, 0.6) is 0 Å². The summed E-state index contributed by atoms with van der Waals surface area (Å²) in [6.07, 6.45) is 5.57. The van der Waals surface area contributed by atoms with Crippen LogP contribution in [0.25, 0.3) is 0 Å². The van der Waals surface area contributed by atoms with Crippen LogP contribution < -0.4 is 5.32 Å². The fraction of sp³-hybridized carbons (Fsp3) is 0.923. The van der Waals surface area contributed by atoms with E-state index >= 15 is 0 Å². The molecule has 0 spiro atoms. The molecule has 3 saturated heterocycles. The molecule has 3 aliphatic heterocycles. The van der Waals surface area contributed by atoms with Crippen molar-refractivity contribution in [2.45, 2.75) is 44.2 Å². The smallest absolute Gasteiger partial charge is 0.313 e. The van der Waals surface area contributed by atoms with Crippen LogP contribution in [0.15, 0.2) is 0 Å². The molecule has 3 aliphatic rings. The fourth-order valence-corrected chi connectivity index (χ4v) is 4.18. The minimum Gasteiger partial charge on any atom is -0.469 e. The number of carbonyl (C=O) groups excluding carboxylic acids is 1. The Morgan fingerprint density at radius 3 is 3.06 bits per heavy atom. The van der Waals surface area contributed by atoms with Crippen molar-refractivity contribution in [3.8, 4) is 0 Å². The van der Waals surface area contributed by atoms with E-state index in [9.17, 15) is 4.79 Å². The summed E-state index contributed by atoms with van der Waals surface area (Å²) in [6, 6.07) is 0.878. The second-order valence-corrected chi connectivity index (χ2v) is 5.68. The normalized spacial score (nSPS) is 41.7. The van der Waals surface area contributed by atoms with Crippen LogP contribution >= 0.6 is 0 Å². The van der Waals surface area contributed by atoms with Gasteiger partial charge in [-0.3, -0.25) is 9.69 Å². The minimum absolute atomic E-state index is 0.0150. The van der Waals surface area contributed by atoms with Gasteiger partial charge in [0.1, 0.15) is 0 Å². The maximum atomic E-state index is 12.2. The Morgan fingerprint density at radius 1 is 1.35 bits per heavy atom. The van der Waals surface area contributed by atoms with Crippen molar-refractivity contribution in [2.24, 2.45) is 5.41 Å². The number of carbonyl (C=O) groups is 1. The Labute approximate surface area is 103 Å². The van der Waals surface area contributed by atoms with Crippen LogP contribution in [-0.4, -0.2) is 49.7 Å². The summed E-state index contributed by atoms with van der Waals surface area (Å²) in [5.41, 5.74) is -0.238. The van der Waals surface area contributed by atoms with Gasteiger partial charge in [0.15, 0.2) is 0 Å². The molecule has 96 valence electrons. The molecule has 0 saturated carbocycles. The summed E-state index contributed by atoms with van der Waals surface area (Å²) in [4.78, 5) is 14.8. The Hall–Kier alpha value is -0.610. The molecule has 0 amide bonds. The average Bonchev–Trinajstić information content (AvgIpc) is 2.86. The van der Waals surface area contributed by atoms with Crippen LogP contribution in [-0.2, 0) is 9.53 Å². The Bertz CT molecular complexity index is 321. The highest BCUT2D eigenvalue weighted by atomic mass is 16.5. The first-order valence-electron chi connectivity index (χ1n) is 6.84. The van der Waals surface area contributed by atoms with Gasteiger partial charge < -0.3 is 10.1 Å². The highest BCUT2D eigenvalue weighted by molar-refractivity contribution is 5.78. The number of hydrogen-bond donors (Lipinski definition) is 1. The Morgan fingerprint density at radius 2 is 2.24 bits per heavy atom. The van der Waals surface area contributed by atoms with Gasteiger partial charge in [0.05, 0.1) is 12.5 Å². The number of piperidine rings is 2. The number of esters is 1. The Kier molecular flexibility index (Phi) is 2.87. The quantitative estimate of drug-likeness (QED) is 0.685. The van der Waals surface area contributed by atoms with Crippen LogP contribution in [0.3, 0.4) is 0 Å². The van der Waals surface area contributed by atoms with E-state index in [0.717, 1.165) is 32.4 Å². The molecule has 3 heterocycles. The van der Waals surface area contributed by atoms with Crippen LogP contribution in [0.2, 0.25) is 0 Å². The lowest BCUT2D eigenvalue weighted by Gasteiger charge is -2.51. The lowest BCUT2D eigenvalue weighted by Crippen LogP contribution is -2.66. The minimum atomic E-state index is -0.238. The molecule has 0 bridgehead atoms. The van der Waals surface area contributed by atoms with Gasteiger partial charge in [-0.1, -0.05) is 0 Å². The topological polar surface area (TPSA) is 41.6 Å². The van der Waals surface area contributed by atoms with Crippen LogP contribution in [0.4, 0.5) is 0 Å². The number of nitrogens with zero attached hydrogens (tertiary/aromatic N) is 1. The molecule has 17 heavy (non-hydrogen) atoms. The number of fused-ring (bicyclic) bond motifs is 3. The summed E-state index contributed by atoms with van der Waals surface area (Å²) in [6.45, 7) is 3.33. The van der Waals surface area contributed by atoms with Gasteiger partial charge in [0.2, 0.25) is 0 Å². The zero-order chi connectivity index (χ0) is 11.9. The molecule has 1 N–H and O–H groups in total. The van der Waals surface area contributed by atoms with E-state index < -0.39 is 0 Å². The van der Waals surface area contributed by atoms with Crippen molar-refractivity contribution in [2.75, 3.05) is 26.7 Å². The summed E-state index contributed by atoms with van der Waals surface area (Å²) in [5.74, 6) is 0.0150. The number of hydrogen-bond acceptors (Lipinski definition) is 4. The highest BCUT2D eigenvalue weighted by Gasteiger charge is 2.55. The number of rotatable bonds is 1. The Balaban J connectivity index is 1.91. The molecule has 3 unspecified atom stereocenters. The van der Waals surface area contributed by atoms with E-state index in [4.69, 9.17) is 4.74 Å². The number of ether oxygens (including phenoxy) is 1. The van der Waals surface area contributed by atoms with Crippen molar-refractivity contribution in [1.29, 1.82) is 0 Å². The second kappa shape index (κ2) is 4.25. The average molecular weight is 238 g/mol. The number of nitrogens with one attached hydrogen (secondary N) is 1. The largest absolute Gasteiger partial charge is 0.469 e. The first-order chi connectivity index (χ1) is 8.28. The van der Waals surface area contributed by atoms with Gasteiger partial charge in [0, 0.05) is 12.1 Å². The highest BCUT2D eigenvalue weighted by Crippen LogP contribution is 2.45. The molecular weight excluding hydrogens is 216 g/mol. The zero-order valence-electron chi connectivity index (χ0n) is 10.6. The van der Waals surface area contributed by atoms with Gasteiger partial charge in [-0.25, -0.2) is 0 Å². The lowest BCUT2D eigenvalue weighted by molar-refractivity contribution is -0.162. The van der Waals surface area contributed by atoms with Crippen LogP contribution in [0, 0.1) is 5.41 Å². The van der Waals surface area contributed by atoms with Gasteiger partial charge in [-0.05, 0) is 51.7 Å². The summed E-state index contributed by atoms with van der Waals surface area (Å²) in [5, 5.41) is 3.61. The molecule has 0 aromatic rings. The van der Waals surface area contributed by atoms with Crippen LogP contribution in [0.1, 0.15) is 32.1 Å². The SMILES string of the molecule is COC(=O)C12CCCNC1C1CCCN1CC2. The lowest BCUT2D eigenvalue weighted by atomic mass is 9.66. The molecule has 4 nitrogen and oxygen atoms in total. The predicted octanol–water partition coefficient (Wildman–Crippen LogP) is 0.766. The molecule has 0 aromatic carbocycles. The summed E-state index contributed by atoms with van der Waals surface area (Å²) >= 11 is 0. The molecule has 3 rings (SSSR count). The van der Waals surface area contributed by atoms with Crippen molar-refractivity contribution < 1.29 is 9.53 Å². The maximum Gasteiger partial charge on any atom is 0.313 e. The molecule has 0 aromatic heterocycles. The molecule has 0 radical (unpaired) electrons. The molecular formula is C13H22N2O2. The van der Waals surface area contributed by atoms with E-state index in [2.05, 4.69) is 10.2 Å². The predicted molar refractivity (Wildman–Crippen MR) is 64.7 cm³/mol. The second-order valence-electron chi connectivity index (χ2n) is 5.68. The van der Waals surface area contributed by atoms with E-state index in [1.54, 1.807) is 0 Å². The van der Waals surface area contributed by atoms with Gasteiger partial charge in [-0.2, -0.15) is 0 Å². The van der Waals surface area contributed by atoms with Gasteiger partial charge in [-0.15, -0.1) is 0 Å². The molecule has 3 fully saturated rings. The monoisotopic (exact) mass is 238 g/mol. The van der Waals surface area contributed by atoms with Crippen molar-refractivity contribution in [3.63, 3.8) is 0 Å². The summed E-state index contributed by atoms with van der Waals surface area (Å²) < 4.78 is 5.10. The van der Waals surface area contributed by atoms with Crippen molar-refractivity contribution in [3.05, 3.63) is 0 Å². The van der Waals surface area contributed by atoms with E-state index in [0.29, 0.717) is 12.1 Å². The third-order valence-electron chi connectivity index (χ3n) is 5.00. The fourth-order valence-electron chi connectivity index (χ4n) is 4.18. The first kappa shape index (κ1) is 11.5. The van der Waals surface area contributed by atoms with Gasteiger partial charge >= 0.3 is 5.97 Å². The van der Waals surface area contributed by atoms with Crippen molar-refractivity contribution in [1.82, 2.24) is 10.2 Å². The first-order valence-corrected chi connectivity index (χ1v) is 6.84.